The molecule has 17 heteroatoms. The van der Waals surface area contributed by atoms with E-state index in [2.05, 4.69) is 19.4 Å². The molecule has 0 saturated heterocycles. The molecule has 2 aliphatic carbocycles. The summed E-state index contributed by atoms with van der Waals surface area (Å²) >= 11 is 0. The molecule has 2 aromatic heterocycles. The standard InChI is InChI=1S/C69H70N4O13/c1-4-6-35-82-68(79)84-52-25-17-46(18-26-52)64(75)48-21-29-60-54(39-48)56-41-50(66(77)58(70-81)37-44-13-8-9-14-44)23-31-62(56)72(60)33-12-34-73-61-30-22-49(65(76)47-19-27-53(28-20-47)85-69(80)83-36-7-5-2)40-55(61)57-42-51(24-32-63(57)73)67(78)59(71-86-43(3)74)38-45-15-10-11-16-45/h17-32,39-42,44-45,81H,4-16,33-38H2,1-3H3/b70-58+,71-59+. The van der Waals surface area contributed by atoms with Crippen LogP contribution in [0.2, 0.25) is 0 Å². The lowest BCUT2D eigenvalue weighted by molar-refractivity contribution is -0.140. The zero-order chi connectivity index (χ0) is 60.3. The maximum Gasteiger partial charge on any atom is 0.513 e. The number of ketones is 4. The second-order valence-corrected chi connectivity index (χ2v) is 22.4. The predicted molar refractivity (Wildman–Crippen MR) is 327 cm³/mol. The van der Waals surface area contributed by atoms with Crippen molar-refractivity contribution in [2.45, 2.75) is 130 Å². The van der Waals surface area contributed by atoms with Gasteiger partial charge in [0.05, 0.1) is 13.2 Å². The molecule has 2 saturated carbocycles. The van der Waals surface area contributed by atoms with Gasteiger partial charge < -0.3 is 38.1 Å². The highest BCUT2D eigenvalue weighted by Crippen LogP contribution is 2.36. The summed E-state index contributed by atoms with van der Waals surface area (Å²) in [7, 11) is 0. The minimum atomic E-state index is -0.824. The molecular formula is C69H70N4O13. The van der Waals surface area contributed by atoms with Gasteiger partial charge in [-0.05, 0) is 165 Å². The van der Waals surface area contributed by atoms with Crippen LogP contribution in [-0.2, 0) is 32.2 Å². The molecule has 86 heavy (non-hydrogen) atoms. The number of hydrogen-bond donors (Lipinski definition) is 1. The molecule has 0 bridgehead atoms. The monoisotopic (exact) mass is 1160 g/mol. The molecule has 17 nitrogen and oxygen atoms in total. The first-order valence-electron chi connectivity index (χ1n) is 30.0. The topological polar surface area (TPSA) is 220 Å². The Hall–Kier alpha value is -9.25. The predicted octanol–water partition coefficient (Wildman–Crippen LogP) is 15.4. The fourth-order valence-electron chi connectivity index (χ4n) is 12.0. The third-order valence-electron chi connectivity index (χ3n) is 16.5. The molecule has 2 heterocycles. The Morgan fingerprint density at radius 3 is 1.22 bits per heavy atom. The molecule has 0 atom stereocenters. The average Bonchev–Trinajstić information content (AvgIpc) is 1.77. The molecule has 10 rings (SSSR count). The Bertz CT molecular complexity index is 3930. The number of fused-ring (bicyclic) bond motifs is 6. The summed E-state index contributed by atoms with van der Waals surface area (Å²) in [6.07, 6.45) is 10.9. The van der Waals surface area contributed by atoms with Crippen molar-refractivity contribution in [1.29, 1.82) is 0 Å². The molecule has 0 amide bonds. The van der Waals surface area contributed by atoms with Crippen molar-refractivity contribution in [2.75, 3.05) is 13.2 Å². The van der Waals surface area contributed by atoms with Crippen LogP contribution in [0.3, 0.4) is 0 Å². The van der Waals surface area contributed by atoms with E-state index in [-0.39, 0.29) is 71.1 Å². The van der Waals surface area contributed by atoms with Crippen LogP contribution in [0.25, 0.3) is 43.6 Å². The highest BCUT2D eigenvalue weighted by molar-refractivity contribution is 6.47. The smallest absolute Gasteiger partial charge is 0.434 e. The van der Waals surface area contributed by atoms with Crippen LogP contribution < -0.4 is 9.47 Å². The van der Waals surface area contributed by atoms with Crippen molar-refractivity contribution in [3.63, 3.8) is 0 Å². The van der Waals surface area contributed by atoms with Crippen LogP contribution >= 0.6 is 0 Å². The molecule has 444 valence electrons. The summed E-state index contributed by atoms with van der Waals surface area (Å²) in [5, 5.41) is 20.6. The van der Waals surface area contributed by atoms with Crippen LogP contribution in [0.15, 0.2) is 132 Å². The van der Waals surface area contributed by atoms with Crippen LogP contribution in [0.1, 0.15) is 170 Å². The Labute approximate surface area is 497 Å². The second kappa shape index (κ2) is 27.6. The van der Waals surface area contributed by atoms with Crippen LogP contribution in [0, 0.1) is 11.8 Å². The number of ether oxygens (including phenoxy) is 4. The number of Topliss-reactive ketones (excluding diaryl/α,β-unsaturated/α-hetero) is 2. The molecule has 0 spiro atoms. The quantitative estimate of drug-likeness (QED) is 0.00823. The molecule has 0 aliphatic heterocycles. The minimum absolute atomic E-state index is 0.110. The number of benzene rings is 6. The van der Waals surface area contributed by atoms with Crippen molar-refractivity contribution in [3.8, 4) is 11.5 Å². The lowest BCUT2D eigenvalue weighted by Gasteiger charge is -2.12. The van der Waals surface area contributed by atoms with Crippen LogP contribution in [-0.4, -0.2) is 80.4 Å². The van der Waals surface area contributed by atoms with Gasteiger partial charge in [-0.3, -0.25) is 19.2 Å². The van der Waals surface area contributed by atoms with E-state index in [0.717, 1.165) is 108 Å². The maximum atomic E-state index is 14.5. The number of nitrogens with zero attached hydrogens (tertiary/aromatic N) is 4. The molecule has 6 aromatic carbocycles. The zero-order valence-corrected chi connectivity index (χ0v) is 48.8. The van der Waals surface area contributed by atoms with Gasteiger partial charge in [-0.2, -0.15) is 0 Å². The largest absolute Gasteiger partial charge is 0.513 e. The van der Waals surface area contributed by atoms with E-state index < -0.39 is 18.3 Å². The van der Waals surface area contributed by atoms with Gasteiger partial charge in [-0.1, -0.05) is 88.4 Å². The summed E-state index contributed by atoms with van der Waals surface area (Å²) < 4.78 is 25.2. The summed E-state index contributed by atoms with van der Waals surface area (Å²) in [4.78, 5) is 98.6. The first-order chi connectivity index (χ1) is 41.8. The lowest BCUT2D eigenvalue weighted by Crippen LogP contribution is -2.19. The van der Waals surface area contributed by atoms with Gasteiger partial charge in [0, 0.05) is 97.0 Å². The van der Waals surface area contributed by atoms with Crippen LogP contribution in [0.5, 0.6) is 11.5 Å². The fourth-order valence-corrected chi connectivity index (χ4v) is 12.0. The second-order valence-electron chi connectivity index (χ2n) is 22.4. The van der Waals surface area contributed by atoms with Gasteiger partial charge in [0.2, 0.25) is 11.6 Å². The fraction of sp³-hybridized carbons (Fsp3) is 0.348. The number of carbonyl (C=O) groups excluding carboxylic acids is 7. The van der Waals surface area contributed by atoms with E-state index in [1.165, 1.54) is 6.92 Å². The number of hydrogen-bond acceptors (Lipinski definition) is 15. The van der Waals surface area contributed by atoms with Crippen molar-refractivity contribution in [3.05, 3.63) is 155 Å². The number of aryl methyl sites for hydroxylation is 2. The van der Waals surface area contributed by atoms with Gasteiger partial charge in [-0.25, -0.2) is 14.4 Å². The molecule has 0 unspecified atom stereocenters. The number of oxime groups is 2. The van der Waals surface area contributed by atoms with E-state index in [4.69, 9.17) is 23.8 Å². The Kier molecular flexibility index (Phi) is 19.2. The van der Waals surface area contributed by atoms with Crippen LogP contribution in [0.4, 0.5) is 9.59 Å². The summed E-state index contributed by atoms with van der Waals surface area (Å²) in [6, 6.07) is 34.5. The third-order valence-corrected chi connectivity index (χ3v) is 16.5. The molecule has 0 radical (unpaired) electrons. The van der Waals surface area contributed by atoms with E-state index >= 15 is 0 Å². The van der Waals surface area contributed by atoms with E-state index in [1.807, 2.05) is 62.4 Å². The molecule has 1 N–H and O–H groups in total. The SMILES string of the molecule is CCCCOC(=O)Oc1ccc(C(=O)c2ccc3c(c2)c2cc(C(=O)/C(CC4CCCC4)=N/O)ccc2n3CCCn2c3ccc(C(=O)/C(CC4CCCC4)=N/OC(C)=O)cc3c3cc(C(=O)c4ccc(OC(=O)OCCCC)cc4)ccc32)cc1. The number of rotatable bonds is 25. The Morgan fingerprint density at radius 2 is 0.837 bits per heavy atom. The van der Waals surface area contributed by atoms with Gasteiger partial charge in [0.15, 0.2) is 11.6 Å². The van der Waals surface area contributed by atoms with Gasteiger partial charge in [0.25, 0.3) is 0 Å². The lowest BCUT2D eigenvalue weighted by atomic mass is 9.95. The normalized spacial score (nSPS) is 14.1. The zero-order valence-electron chi connectivity index (χ0n) is 48.8. The highest BCUT2D eigenvalue weighted by atomic mass is 16.7. The van der Waals surface area contributed by atoms with Crippen molar-refractivity contribution in [2.24, 2.45) is 22.1 Å². The first-order valence-corrected chi connectivity index (χ1v) is 30.0. The first kappa shape index (κ1) is 59.9. The maximum absolute atomic E-state index is 14.5. The van der Waals surface area contributed by atoms with Gasteiger partial charge >= 0.3 is 18.3 Å². The van der Waals surface area contributed by atoms with E-state index in [1.54, 1.807) is 72.8 Å². The minimum Gasteiger partial charge on any atom is -0.434 e. The number of unbranched alkanes of at least 4 members (excludes halogenated alkanes) is 2. The van der Waals surface area contributed by atoms with Crippen molar-refractivity contribution in [1.82, 2.24) is 9.13 Å². The third kappa shape index (κ3) is 13.8. The number of aromatic nitrogens is 2. The molecule has 2 fully saturated rings. The average molecular weight is 1160 g/mol. The highest BCUT2D eigenvalue weighted by Gasteiger charge is 2.27. The molecular weight excluding hydrogens is 1090 g/mol. The van der Waals surface area contributed by atoms with Crippen molar-refractivity contribution < 1.29 is 62.6 Å². The van der Waals surface area contributed by atoms with E-state index in [0.29, 0.717) is 78.6 Å². The summed E-state index contributed by atoms with van der Waals surface area (Å²) in [6.45, 7) is 6.66. The summed E-state index contributed by atoms with van der Waals surface area (Å²) in [5.41, 5.74) is 5.76. The van der Waals surface area contributed by atoms with Gasteiger partial charge in [-0.15, -0.1) is 0 Å². The van der Waals surface area contributed by atoms with Gasteiger partial charge in [0.1, 0.15) is 22.9 Å². The molecule has 2 aliphatic rings. The van der Waals surface area contributed by atoms with E-state index in [9.17, 15) is 38.8 Å². The number of carbonyl (C=O) groups is 7. The summed E-state index contributed by atoms with van der Waals surface area (Å²) in [5.74, 6) is -0.930. The Morgan fingerprint density at radius 1 is 0.477 bits per heavy atom. The van der Waals surface area contributed by atoms with Crippen molar-refractivity contribution >= 4 is 96.4 Å². The molecule has 8 aromatic rings. The Balaban J connectivity index is 0.986.